The first-order chi connectivity index (χ1) is 9.29. The number of nitrogens with zero attached hydrogens (tertiary/aromatic N) is 3. The molecule has 0 aromatic carbocycles. The number of carbonyl (C=O) groups is 1. The zero-order valence-electron chi connectivity index (χ0n) is 11.4. The van der Waals surface area contributed by atoms with Gasteiger partial charge in [-0.2, -0.15) is 0 Å². The Bertz CT molecular complexity index is 603. The number of nitrogens with two attached hydrogens (primary N) is 1. The van der Waals surface area contributed by atoms with E-state index < -0.39 is 0 Å². The first kappa shape index (κ1) is 17.7. The van der Waals surface area contributed by atoms with E-state index in [0.29, 0.717) is 18.4 Å². The van der Waals surface area contributed by atoms with Crippen molar-refractivity contribution >= 4 is 42.3 Å². The predicted octanol–water partition coefficient (Wildman–Crippen LogP) is 1.89. The van der Waals surface area contributed by atoms with Crippen molar-refractivity contribution in [2.45, 2.75) is 19.3 Å². The highest BCUT2D eigenvalue weighted by molar-refractivity contribution is 5.91. The van der Waals surface area contributed by atoms with Crippen molar-refractivity contribution in [2.24, 2.45) is 17.6 Å². The SMILES string of the molecule is Cl.Cl.NC[C@H]1CCC[C@H]1C(=O)Nc1nnc2ccccn12. The van der Waals surface area contributed by atoms with E-state index in [1.807, 2.05) is 24.4 Å². The number of aromatic nitrogens is 3. The summed E-state index contributed by atoms with van der Waals surface area (Å²) in [5.41, 5.74) is 6.43. The highest BCUT2D eigenvalue weighted by Crippen LogP contribution is 2.31. The molecule has 116 valence electrons. The molecule has 2 atom stereocenters. The Morgan fingerprint density at radius 3 is 2.90 bits per heavy atom. The summed E-state index contributed by atoms with van der Waals surface area (Å²) in [5, 5.41) is 10.9. The molecule has 2 aromatic rings. The molecule has 0 saturated heterocycles. The summed E-state index contributed by atoms with van der Waals surface area (Å²) in [4.78, 5) is 12.3. The van der Waals surface area contributed by atoms with E-state index in [0.717, 1.165) is 24.9 Å². The van der Waals surface area contributed by atoms with Crippen molar-refractivity contribution in [1.82, 2.24) is 14.6 Å². The number of fused-ring (bicyclic) bond motifs is 1. The summed E-state index contributed by atoms with van der Waals surface area (Å²) >= 11 is 0. The number of halogens is 2. The number of pyridine rings is 1. The number of carbonyl (C=O) groups excluding carboxylic acids is 1. The van der Waals surface area contributed by atoms with E-state index in [2.05, 4.69) is 15.5 Å². The van der Waals surface area contributed by atoms with Crippen LogP contribution >= 0.6 is 24.8 Å². The molecular weight excluding hydrogens is 313 g/mol. The standard InChI is InChI=1S/C13H17N5O.2ClH/c14-8-9-4-3-5-10(9)12(19)15-13-17-16-11-6-1-2-7-18(11)13;;/h1-2,6-7,9-10H,3-5,8,14H2,(H,15,17,19);2*1H/t9-,10-;;/m1../s1. The van der Waals surface area contributed by atoms with Crippen LogP contribution in [-0.2, 0) is 4.79 Å². The topological polar surface area (TPSA) is 85.3 Å². The molecule has 1 fully saturated rings. The van der Waals surface area contributed by atoms with Crippen LogP contribution in [0.3, 0.4) is 0 Å². The summed E-state index contributed by atoms with van der Waals surface area (Å²) in [6, 6.07) is 5.61. The van der Waals surface area contributed by atoms with Gasteiger partial charge < -0.3 is 5.73 Å². The molecule has 2 aromatic heterocycles. The number of anilines is 1. The average Bonchev–Trinajstić information content (AvgIpc) is 3.05. The second kappa shape index (κ2) is 7.59. The third-order valence-electron chi connectivity index (χ3n) is 3.85. The monoisotopic (exact) mass is 331 g/mol. The van der Waals surface area contributed by atoms with Gasteiger partial charge in [0, 0.05) is 12.1 Å². The summed E-state index contributed by atoms with van der Waals surface area (Å²) in [5.74, 6) is 0.773. The maximum absolute atomic E-state index is 12.3. The zero-order chi connectivity index (χ0) is 13.2. The van der Waals surface area contributed by atoms with Gasteiger partial charge in [0.25, 0.3) is 0 Å². The van der Waals surface area contributed by atoms with E-state index in [4.69, 9.17) is 5.73 Å². The van der Waals surface area contributed by atoms with Gasteiger partial charge in [-0.15, -0.1) is 35.0 Å². The smallest absolute Gasteiger partial charge is 0.235 e. The number of hydrogen-bond donors (Lipinski definition) is 2. The lowest BCUT2D eigenvalue weighted by molar-refractivity contribution is -0.120. The second-order valence-electron chi connectivity index (χ2n) is 4.97. The number of hydrogen-bond acceptors (Lipinski definition) is 4. The maximum atomic E-state index is 12.3. The van der Waals surface area contributed by atoms with Crippen molar-refractivity contribution in [3.8, 4) is 0 Å². The number of rotatable bonds is 3. The fourth-order valence-electron chi connectivity index (χ4n) is 2.79. The molecule has 2 heterocycles. The average molecular weight is 332 g/mol. The molecule has 6 nitrogen and oxygen atoms in total. The summed E-state index contributed by atoms with van der Waals surface area (Å²) in [6.45, 7) is 0.568. The van der Waals surface area contributed by atoms with Crippen LogP contribution in [0.1, 0.15) is 19.3 Å². The van der Waals surface area contributed by atoms with E-state index in [-0.39, 0.29) is 36.6 Å². The van der Waals surface area contributed by atoms with E-state index in [9.17, 15) is 4.79 Å². The third kappa shape index (κ3) is 3.45. The van der Waals surface area contributed by atoms with Gasteiger partial charge in [-0.05, 0) is 37.4 Å². The summed E-state index contributed by atoms with van der Waals surface area (Å²) < 4.78 is 1.77. The summed E-state index contributed by atoms with van der Waals surface area (Å²) in [7, 11) is 0. The molecule has 1 aliphatic carbocycles. The van der Waals surface area contributed by atoms with Gasteiger partial charge in [0.2, 0.25) is 11.9 Å². The second-order valence-corrected chi connectivity index (χ2v) is 4.97. The van der Waals surface area contributed by atoms with E-state index >= 15 is 0 Å². The van der Waals surface area contributed by atoms with Crippen molar-refractivity contribution in [2.75, 3.05) is 11.9 Å². The Kier molecular flexibility index (Phi) is 6.39. The largest absolute Gasteiger partial charge is 0.330 e. The minimum atomic E-state index is 0. The molecule has 1 saturated carbocycles. The fraction of sp³-hybridized carbons (Fsp3) is 0.462. The van der Waals surface area contributed by atoms with Gasteiger partial charge in [0.05, 0.1) is 0 Å². The highest BCUT2D eigenvalue weighted by atomic mass is 35.5. The molecule has 3 N–H and O–H groups in total. The third-order valence-corrected chi connectivity index (χ3v) is 3.85. The molecule has 0 spiro atoms. The minimum absolute atomic E-state index is 0. The molecule has 0 bridgehead atoms. The quantitative estimate of drug-likeness (QED) is 0.899. The van der Waals surface area contributed by atoms with E-state index in [1.165, 1.54) is 0 Å². The fourth-order valence-corrected chi connectivity index (χ4v) is 2.79. The predicted molar refractivity (Wildman–Crippen MR) is 86.0 cm³/mol. The number of amides is 1. The first-order valence-corrected chi connectivity index (χ1v) is 6.60. The van der Waals surface area contributed by atoms with Crippen molar-refractivity contribution in [3.63, 3.8) is 0 Å². The summed E-state index contributed by atoms with van der Waals surface area (Å²) in [6.07, 6.45) is 4.85. The lowest BCUT2D eigenvalue weighted by atomic mass is 9.95. The Balaban J connectivity index is 0.00000110. The number of nitrogens with one attached hydrogen (secondary N) is 1. The molecule has 21 heavy (non-hydrogen) atoms. The van der Waals surface area contributed by atoms with Gasteiger partial charge in [0.15, 0.2) is 5.65 Å². The van der Waals surface area contributed by atoms with Crippen molar-refractivity contribution in [1.29, 1.82) is 0 Å². The van der Waals surface area contributed by atoms with Crippen LogP contribution in [-0.4, -0.2) is 27.0 Å². The highest BCUT2D eigenvalue weighted by Gasteiger charge is 2.32. The maximum Gasteiger partial charge on any atom is 0.235 e. The Morgan fingerprint density at radius 2 is 2.14 bits per heavy atom. The molecule has 0 radical (unpaired) electrons. The van der Waals surface area contributed by atoms with Crippen LogP contribution in [0, 0.1) is 11.8 Å². The van der Waals surface area contributed by atoms with Gasteiger partial charge in [-0.25, -0.2) is 0 Å². The zero-order valence-corrected chi connectivity index (χ0v) is 13.1. The Hall–Kier alpha value is -1.37. The molecule has 1 aliphatic rings. The molecule has 0 unspecified atom stereocenters. The van der Waals surface area contributed by atoms with Crippen LogP contribution in [0.25, 0.3) is 5.65 Å². The molecule has 1 amide bonds. The molecular formula is C13H19Cl2N5O. The van der Waals surface area contributed by atoms with Crippen LogP contribution < -0.4 is 11.1 Å². The Morgan fingerprint density at radius 1 is 1.33 bits per heavy atom. The van der Waals surface area contributed by atoms with Gasteiger partial charge in [0.1, 0.15) is 0 Å². The van der Waals surface area contributed by atoms with Crippen LogP contribution in [0.5, 0.6) is 0 Å². The van der Waals surface area contributed by atoms with Crippen molar-refractivity contribution in [3.05, 3.63) is 24.4 Å². The van der Waals surface area contributed by atoms with E-state index in [1.54, 1.807) is 4.40 Å². The van der Waals surface area contributed by atoms with Crippen LogP contribution in [0.15, 0.2) is 24.4 Å². The molecule has 8 heteroatoms. The minimum Gasteiger partial charge on any atom is -0.330 e. The van der Waals surface area contributed by atoms with Gasteiger partial charge in [-0.1, -0.05) is 12.5 Å². The first-order valence-electron chi connectivity index (χ1n) is 6.60. The van der Waals surface area contributed by atoms with Crippen LogP contribution in [0.2, 0.25) is 0 Å². The Labute approximate surface area is 135 Å². The molecule has 3 rings (SSSR count). The lowest BCUT2D eigenvalue weighted by Crippen LogP contribution is -2.30. The van der Waals surface area contributed by atoms with Crippen LogP contribution in [0.4, 0.5) is 5.95 Å². The van der Waals surface area contributed by atoms with Gasteiger partial charge in [-0.3, -0.25) is 14.5 Å². The van der Waals surface area contributed by atoms with Crippen molar-refractivity contribution < 1.29 is 4.79 Å². The molecule has 0 aliphatic heterocycles. The normalized spacial score (nSPS) is 20.6. The lowest BCUT2D eigenvalue weighted by Gasteiger charge is -2.16. The van der Waals surface area contributed by atoms with Gasteiger partial charge >= 0.3 is 0 Å².